The Kier molecular flexibility index (Phi) is 5.05. The van der Waals surface area contributed by atoms with Gasteiger partial charge in [0.15, 0.2) is 0 Å². The van der Waals surface area contributed by atoms with Crippen LogP contribution >= 0.6 is 0 Å². The molecular weight excluding hydrogens is 190 g/mol. The molecule has 1 atom stereocenters. The zero-order valence-electron chi connectivity index (χ0n) is 9.91. The Bertz CT molecular complexity index is 200. The number of nitrogens with zero attached hydrogens (tertiary/aromatic N) is 2. The molecule has 0 saturated carbocycles. The number of hydrogen-bond donors (Lipinski definition) is 1. The highest BCUT2D eigenvalue weighted by Gasteiger charge is 2.18. The van der Waals surface area contributed by atoms with Crippen molar-refractivity contribution in [2.45, 2.75) is 19.8 Å². The summed E-state index contributed by atoms with van der Waals surface area (Å²) in [4.78, 5) is 16.0. The van der Waals surface area contributed by atoms with Crippen LogP contribution in [0.2, 0.25) is 0 Å². The van der Waals surface area contributed by atoms with Gasteiger partial charge in [0, 0.05) is 32.6 Å². The van der Waals surface area contributed by atoms with Crippen LogP contribution in [0, 0.1) is 5.92 Å². The Morgan fingerprint density at radius 2 is 1.93 bits per heavy atom. The van der Waals surface area contributed by atoms with E-state index in [2.05, 4.69) is 18.9 Å². The summed E-state index contributed by atoms with van der Waals surface area (Å²) in [6.45, 7) is 6.53. The first-order valence-corrected chi connectivity index (χ1v) is 5.80. The van der Waals surface area contributed by atoms with Crippen LogP contribution in [0.25, 0.3) is 0 Å². The topological polar surface area (TPSA) is 49.6 Å². The maximum absolute atomic E-state index is 11.8. The summed E-state index contributed by atoms with van der Waals surface area (Å²) >= 11 is 0. The van der Waals surface area contributed by atoms with Crippen molar-refractivity contribution in [3.05, 3.63) is 0 Å². The normalized spacial score (nSPS) is 20.3. The van der Waals surface area contributed by atoms with Crippen LogP contribution < -0.4 is 5.73 Å². The lowest BCUT2D eigenvalue weighted by Gasteiger charge is -2.32. The molecule has 4 heteroatoms. The van der Waals surface area contributed by atoms with Crippen LogP contribution in [0.3, 0.4) is 0 Å². The third kappa shape index (κ3) is 4.18. The highest BCUT2D eigenvalue weighted by molar-refractivity contribution is 5.76. The predicted octanol–water partition coefficient (Wildman–Crippen LogP) is 0.135. The summed E-state index contributed by atoms with van der Waals surface area (Å²) in [6.07, 6.45) is 1.57. The van der Waals surface area contributed by atoms with Gasteiger partial charge >= 0.3 is 0 Å². The molecule has 1 fully saturated rings. The van der Waals surface area contributed by atoms with Gasteiger partial charge in [-0.3, -0.25) is 4.79 Å². The lowest BCUT2D eigenvalue weighted by molar-refractivity contribution is -0.133. The Labute approximate surface area is 92.4 Å². The molecule has 15 heavy (non-hydrogen) atoms. The van der Waals surface area contributed by atoms with Gasteiger partial charge in [0.1, 0.15) is 0 Å². The van der Waals surface area contributed by atoms with Gasteiger partial charge in [0.2, 0.25) is 5.91 Å². The fourth-order valence-corrected chi connectivity index (χ4v) is 1.70. The van der Waals surface area contributed by atoms with Crippen LogP contribution in [0.1, 0.15) is 19.8 Å². The molecule has 0 aromatic rings. The van der Waals surface area contributed by atoms with Gasteiger partial charge < -0.3 is 15.5 Å². The van der Waals surface area contributed by atoms with Crippen molar-refractivity contribution in [3.8, 4) is 0 Å². The molecule has 0 radical (unpaired) electrons. The average Bonchev–Trinajstić information content (AvgIpc) is 2.26. The molecule has 1 unspecified atom stereocenters. The van der Waals surface area contributed by atoms with Crippen molar-refractivity contribution in [1.29, 1.82) is 0 Å². The number of piperazine rings is 1. The van der Waals surface area contributed by atoms with E-state index in [0.29, 0.717) is 24.8 Å². The number of carbonyl (C=O) groups excluding carboxylic acids is 1. The number of amides is 1. The number of likely N-dealkylation sites (N-methyl/N-ethyl adjacent to an activating group) is 1. The lowest BCUT2D eigenvalue weighted by atomic mass is 10.1. The van der Waals surface area contributed by atoms with Gasteiger partial charge in [-0.15, -0.1) is 0 Å². The minimum Gasteiger partial charge on any atom is -0.340 e. The van der Waals surface area contributed by atoms with Gasteiger partial charge in [-0.25, -0.2) is 0 Å². The van der Waals surface area contributed by atoms with Crippen LogP contribution in [0.5, 0.6) is 0 Å². The van der Waals surface area contributed by atoms with Crippen LogP contribution in [0.15, 0.2) is 0 Å². The molecule has 0 aromatic heterocycles. The largest absolute Gasteiger partial charge is 0.340 e. The van der Waals surface area contributed by atoms with Gasteiger partial charge in [-0.05, 0) is 25.9 Å². The van der Waals surface area contributed by atoms with E-state index in [1.54, 1.807) is 0 Å². The molecule has 1 saturated heterocycles. The molecular formula is C11H23N3O. The second-order valence-electron chi connectivity index (χ2n) is 4.56. The third-order valence-corrected chi connectivity index (χ3v) is 3.11. The van der Waals surface area contributed by atoms with E-state index in [1.807, 2.05) is 4.90 Å². The van der Waals surface area contributed by atoms with Crippen molar-refractivity contribution in [3.63, 3.8) is 0 Å². The fraction of sp³-hybridized carbons (Fsp3) is 0.909. The van der Waals surface area contributed by atoms with Crippen LogP contribution in [-0.2, 0) is 4.79 Å². The van der Waals surface area contributed by atoms with Gasteiger partial charge in [-0.2, -0.15) is 0 Å². The molecule has 0 aromatic carbocycles. The van der Waals surface area contributed by atoms with E-state index in [9.17, 15) is 4.79 Å². The highest BCUT2D eigenvalue weighted by atomic mass is 16.2. The Balaban J connectivity index is 2.22. The molecule has 4 nitrogen and oxygen atoms in total. The molecule has 1 heterocycles. The summed E-state index contributed by atoms with van der Waals surface area (Å²) in [6, 6.07) is 0. The summed E-state index contributed by atoms with van der Waals surface area (Å²) in [5.41, 5.74) is 5.52. The van der Waals surface area contributed by atoms with Crippen LogP contribution in [0.4, 0.5) is 0 Å². The quantitative estimate of drug-likeness (QED) is 0.722. The highest BCUT2D eigenvalue weighted by Crippen LogP contribution is 2.08. The molecule has 2 N–H and O–H groups in total. The number of carbonyl (C=O) groups is 1. The van der Waals surface area contributed by atoms with Gasteiger partial charge in [-0.1, -0.05) is 6.92 Å². The second kappa shape index (κ2) is 6.08. The van der Waals surface area contributed by atoms with E-state index in [1.165, 1.54) is 0 Å². The van der Waals surface area contributed by atoms with Crippen molar-refractivity contribution in [2.75, 3.05) is 39.8 Å². The first kappa shape index (κ1) is 12.5. The van der Waals surface area contributed by atoms with Crippen molar-refractivity contribution in [2.24, 2.45) is 11.7 Å². The molecule has 1 aliphatic heterocycles. The molecule has 1 rings (SSSR count). The van der Waals surface area contributed by atoms with Crippen molar-refractivity contribution >= 4 is 5.91 Å². The van der Waals surface area contributed by atoms with E-state index in [-0.39, 0.29) is 0 Å². The molecule has 88 valence electrons. The standard InChI is InChI=1S/C11H23N3O/c1-10(9-12)3-4-11(15)14-7-5-13(2)6-8-14/h10H,3-9,12H2,1-2H3. The lowest BCUT2D eigenvalue weighted by Crippen LogP contribution is -2.47. The monoisotopic (exact) mass is 213 g/mol. The molecule has 0 bridgehead atoms. The smallest absolute Gasteiger partial charge is 0.222 e. The molecule has 1 aliphatic rings. The second-order valence-corrected chi connectivity index (χ2v) is 4.56. The molecule has 0 aliphatic carbocycles. The first-order valence-electron chi connectivity index (χ1n) is 5.80. The van der Waals surface area contributed by atoms with Gasteiger partial charge in [0.25, 0.3) is 0 Å². The maximum atomic E-state index is 11.8. The first-order chi connectivity index (χ1) is 7.13. The minimum atomic E-state index is 0.295. The SMILES string of the molecule is CC(CN)CCC(=O)N1CCN(C)CC1. The zero-order valence-corrected chi connectivity index (χ0v) is 9.91. The minimum absolute atomic E-state index is 0.295. The predicted molar refractivity (Wildman–Crippen MR) is 61.5 cm³/mol. The van der Waals surface area contributed by atoms with Crippen molar-refractivity contribution < 1.29 is 4.79 Å². The summed E-state index contributed by atoms with van der Waals surface area (Å²) in [5, 5.41) is 0. The van der Waals surface area contributed by atoms with E-state index in [0.717, 1.165) is 32.6 Å². The number of hydrogen-bond acceptors (Lipinski definition) is 3. The number of nitrogens with two attached hydrogens (primary N) is 1. The van der Waals surface area contributed by atoms with E-state index >= 15 is 0 Å². The number of rotatable bonds is 4. The summed E-state index contributed by atoms with van der Waals surface area (Å²) < 4.78 is 0. The van der Waals surface area contributed by atoms with Crippen molar-refractivity contribution in [1.82, 2.24) is 9.80 Å². The fourth-order valence-electron chi connectivity index (χ4n) is 1.70. The van der Waals surface area contributed by atoms with Crippen LogP contribution in [-0.4, -0.2) is 55.5 Å². The average molecular weight is 213 g/mol. The van der Waals surface area contributed by atoms with Gasteiger partial charge in [0.05, 0.1) is 0 Å². The molecule has 0 spiro atoms. The molecule has 1 amide bonds. The Hall–Kier alpha value is -0.610. The summed E-state index contributed by atoms with van der Waals surface area (Å²) in [7, 11) is 2.10. The van der Waals surface area contributed by atoms with E-state index < -0.39 is 0 Å². The van der Waals surface area contributed by atoms with E-state index in [4.69, 9.17) is 5.73 Å². The Morgan fingerprint density at radius 1 is 1.33 bits per heavy atom. The third-order valence-electron chi connectivity index (χ3n) is 3.11. The zero-order chi connectivity index (χ0) is 11.3. The Morgan fingerprint density at radius 3 is 2.47 bits per heavy atom. The maximum Gasteiger partial charge on any atom is 0.222 e. The summed E-state index contributed by atoms with van der Waals surface area (Å²) in [5.74, 6) is 0.754.